The Hall–Kier alpha value is -2.72. The highest BCUT2D eigenvalue weighted by molar-refractivity contribution is 5.45. The monoisotopic (exact) mass is 382 g/mol. The van der Waals surface area contributed by atoms with Gasteiger partial charge in [0.25, 0.3) is 0 Å². The largest absolute Gasteiger partial charge is 0.469 e. The van der Waals surface area contributed by atoms with Crippen molar-refractivity contribution in [3.05, 3.63) is 47.7 Å². The normalized spacial score (nSPS) is 18.7. The Morgan fingerprint density at radius 1 is 1.08 bits per heavy atom. The molecule has 4 nitrogen and oxygen atoms in total. The highest BCUT2D eigenvalue weighted by atomic mass is 19.4. The van der Waals surface area contributed by atoms with Gasteiger partial charge in [-0.15, -0.1) is 0 Å². The third kappa shape index (κ3) is 2.97. The first-order valence-corrected chi connectivity index (χ1v) is 6.96. The molecule has 26 heavy (non-hydrogen) atoms. The molecule has 0 saturated heterocycles. The zero-order chi connectivity index (χ0) is 19.3. The predicted molar refractivity (Wildman–Crippen MR) is 74.0 cm³/mol. The molecule has 140 valence electrons. The van der Waals surface area contributed by atoms with Crippen molar-refractivity contribution in [1.82, 2.24) is 4.98 Å². The van der Waals surface area contributed by atoms with Crippen LogP contribution in [0.25, 0.3) is 0 Å². The van der Waals surface area contributed by atoms with Crippen LogP contribution in [0.3, 0.4) is 0 Å². The molecule has 0 spiro atoms. The van der Waals surface area contributed by atoms with Gasteiger partial charge in [-0.05, 0) is 18.2 Å². The maximum atomic E-state index is 13.7. The minimum absolute atomic E-state index is 0.164. The van der Waals surface area contributed by atoms with Crippen LogP contribution in [0.1, 0.15) is 17.2 Å². The zero-order valence-corrected chi connectivity index (χ0v) is 12.5. The molecule has 0 bridgehead atoms. The standard InChI is InChI=1S/C15H9F7N2O2/c16-13(17)9-5-7(1-3-10(9)26-15(13,21)22)12(14(18,19)20)25-11-4-2-8(23)6-24-11/h1-6,12H,23H2. The summed E-state index contributed by atoms with van der Waals surface area (Å²) in [7, 11) is 0. The van der Waals surface area contributed by atoms with Crippen molar-refractivity contribution in [2.45, 2.75) is 24.3 Å². The molecule has 2 aromatic rings. The van der Waals surface area contributed by atoms with Crippen LogP contribution in [-0.2, 0) is 5.92 Å². The maximum absolute atomic E-state index is 13.7. The number of fused-ring (bicyclic) bond motifs is 1. The number of halogens is 7. The number of anilines is 1. The van der Waals surface area contributed by atoms with E-state index in [4.69, 9.17) is 10.5 Å². The van der Waals surface area contributed by atoms with Crippen LogP contribution in [0, 0.1) is 0 Å². The lowest BCUT2D eigenvalue weighted by atomic mass is 10.0. The number of aromatic nitrogens is 1. The SMILES string of the molecule is Nc1ccc(OC(c2ccc3c(c2)C(F)(F)C(F)(F)O3)C(F)(F)F)nc1. The number of nitrogens with two attached hydrogens (primary N) is 1. The highest BCUT2D eigenvalue weighted by Gasteiger charge is 2.66. The Morgan fingerprint density at radius 3 is 2.35 bits per heavy atom. The molecule has 0 saturated carbocycles. The Labute approximate surface area is 141 Å². The summed E-state index contributed by atoms with van der Waals surface area (Å²) in [5, 5.41) is 0. The molecule has 0 radical (unpaired) electrons. The van der Waals surface area contributed by atoms with Crippen molar-refractivity contribution in [1.29, 1.82) is 0 Å². The lowest BCUT2D eigenvalue weighted by molar-refractivity contribution is -0.296. The van der Waals surface area contributed by atoms with Gasteiger partial charge in [0, 0.05) is 11.6 Å². The third-order valence-electron chi connectivity index (χ3n) is 3.54. The smallest absolute Gasteiger partial charge is 0.460 e. The molecule has 1 aliphatic rings. The number of ether oxygens (including phenoxy) is 2. The average Bonchev–Trinajstić information content (AvgIpc) is 2.70. The van der Waals surface area contributed by atoms with Crippen LogP contribution in [0.4, 0.5) is 36.4 Å². The Balaban J connectivity index is 2.00. The van der Waals surface area contributed by atoms with Gasteiger partial charge in [-0.1, -0.05) is 6.07 Å². The Kier molecular flexibility index (Phi) is 3.93. The van der Waals surface area contributed by atoms with E-state index in [1.54, 1.807) is 0 Å². The molecule has 0 fully saturated rings. The van der Waals surface area contributed by atoms with Crippen molar-refractivity contribution in [3.63, 3.8) is 0 Å². The lowest BCUT2D eigenvalue weighted by Gasteiger charge is -2.22. The molecular weight excluding hydrogens is 373 g/mol. The van der Waals surface area contributed by atoms with Gasteiger partial charge in [0.05, 0.1) is 17.4 Å². The van der Waals surface area contributed by atoms with Crippen LogP contribution in [0.2, 0.25) is 0 Å². The summed E-state index contributed by atoms with van der Waals surface area (Å²) in [5.74, 6) is -6.17. The molecule has 0 aliphatic carbocycles. The number of nitrogen functional groups attached to an aromatic ring is 1. The number of alkyl halides is 7. The number of hydrogen-bond acceptors (Lipinski definition) is 4. The van der Waals surface area contributed by atoms with E-state index in [1.807, 2.05) is 0 Å². The fourth-order valence-electron chi connectivity index (χ4n) is 2.31. The highest BCUT2D eigenvalue weighted by Crippen LogP contribution is 2.54. The molecular formula is C15H9F7N2O2. The van der Waals surface area contributed by atoms with Crippen molar-refractivity contribution >= 4 is 5.69 Å². The summed E-state index contributed by atoms with van der Waals surface area (Å²) in [6.45, 7) is 0. The quantitative estimate of drug-likeness (QED) is 0.799. The molecule has 1 aromatic carbocycles. The molecule has 1 unspecified atom stereocenters. The summed E-state index contributed by atoms with van der Waals surface area (Å²) < 4.78 is 102. The van der Waals surface area contributed by atoms with Gasteiger partial charge in [0.2, 0.25) is 12.0 Å². The van der Waals surface area contributed by atoms with Gasteiger partial charge in [0.15, 0.2) is 0 Å². The maximum Gasteiger partial charge on any atom is 0.469 e. The minimum Gasteiger partial charge on any atom is -0.460 e. The van der Waals surface area contributed by atoms with Crippen molar-refractivity contribution in [3.8, 4) is 11.6 Å². The first-order chi connectivity index (χ1) is 11.9. The fourth-order valence-corrected chi connectivity index (χ4v) is 2.31. The summed E-state index contributed by atoms with van der Waals surface area (Å²) >= 11 is 0. The van der Waals surface area contributed by atoms with E-state index >= 15 is 0 Å². The Morgan fingerprint density at radius 2 is 1.77 bits per heavy atom. The number of pyridine rings is 1. The second kappa shape index (κ2) is 5.64. The average molecular weight is 382 g/mol. The number of nitrogens with zero attached hydrogens (tertiary/aromatic N) is 1. The van der Waals surface area contributed by atoms with E-state index in [2.05, 4.69) is 9.72 Å². The second-order valence-electron chi connectivity index (χ2n) is 5.42. The van der Waals surface area contributed by atoms with Crippen molar-refractivity contribution < 1.29 is 40.2 Å². The first-order valence-electron chi connectivity index (χ1n) is 6.96. The van der Waals surface area contributed by atoms with Crippen molar-refractivity contribution in [2.24, 2.45) is 0 Å². The Bertz CT molecular complexity index is 822. The molecule has 1 aromatic heterocycles. The van der Waals surface area contributed by atoms with E-state index in [0.29, 0.717) is 12.1 Å². The third-order valence-corrected chi connectivity index (χ3v) is 3.54. The van der Waals surface area contributed by atoms with Crippen LogP contribution in [0.15, 0.2) is 36.5 Å². The number of benzene rings is 1. The van der Waals surface area contributed by atoms with Crippen LogP contribution in [-0.4, -0.2) is 17.3 Å². The topological polar surface area (TPSA) is 57.4 Å². The van der Waals surface area contributed by atoms with Crippen LogP contribution < -0.4 is 15.2 Å². The molecule has 11 heteroatoms. The number of rotatable bonds is 3. The van der Waals surface area contributed by atoms with Gasteiger partial charge in [0.1, 0.15) is 5.75 Å². The van der Waals surface area contributed by atoms with Gasteiger partial charge in [-0.25, -0.2) is 4.98 Å². The van der Waals surface area contributed by atoms with E-state index < -0.39 is 47.1 Å². The summed E-state index contributed by atoms with van der Waals surface area (Å²) in [4.78, 5) is 3.54. The van der Waals surface area contributed by atoms with Gasteiger partial charge < -0.3 is 15.2 Å². The van der Waals surface area contributed by atoms with Gasteiger partial charge >= 0.3 is 18.2 Å². The fraction of sp³-hybridized carbons (Fsp3) is 0.267. The summed E-state index contributed by atoms with van der Waals surface area (Å²) in [6, 6.07) is 3.88. The summed E-state index contributed by atoms with van der Waals surface area (Å²) in [6.07, 6.45) is -11.6. The van der Waals surface area contributed by atoms with E-state index in [1.165, 1.54) is 6.07 Å². The van der Waals surface area contributed by atoms with Crippen LogP contribution in [0.5, 0.6) is 11.6 Å². The van der Waals surface area contributed by atoms with E-state index in [9.17, 15) is 30.7 Å². The second-order valence-corrected chi connectivity index (χ2v) is 5.42. The molecule has 2 N–H and O–H groups in total. The lowest BCUT2D eigenvalue weighted by Crippen LogP contribution is -2.37. The molecule has 0 amide bonds. The molecule has 1 aliphatic heterocycles. The zero-order valence-electron chi connectivity index (χ0n) is 12.5. The number of hydrogen-bond donors (Lipinski definition) is 1. The molecule has 1 atom stereocenters. The van der Waals surface area contributed by atoms with Gasteiger partial charge in [-0.2, -0.15) is 30.7 Å². The van der Waals surface area contributed by atoms with E-state index in [0.717, 1.165) is 12.3 Å². The molecule has 2 heterocycles. The predicted octanol–water partition coefficient (Wildman–Crippen LogP) is 4.42. The van der Waals surface area contributed by atoms with Crippen molar-refractivity contribution in [2.75, 3.05) is 5.73 Å². The molecule has 3 rings (SSSR count). The van der Waals surface area contributed by atoms with Gasteiger partial charge in [-0.3, -0.25) is 0 Å². The minimum atomic E-state index is -5.03. The summed E-state index contributed by atoms with van der Waals surface area (Å²) in [5.41, 5.74) is 3.36. The van der Waals surface area contributed by atoms with E-state index in [-0.39, 0.29) is 11.8 Å². The first kappa shape index (κ1) is 18.1. The van der Waals surface area contributed by atoms with Crippen LogP contribution >= 0.6 is 0 Å².